The summed E-state index contributed by atoms with van der Waals surface area (Å²) in [5.74, 6) is 0. The van der Waals surface area contributed by atoms with Gasteiger partial charge in [-0.3, -0.25) is 4.99 Å². The Hall–Kier alpha value is -1.98. The molecule has 1 fully saturated rings. The lowest BCUT2D eigenvalue weighted by Crippen LogP contribution is -2.15. The Balaban J connectivity index is 1.75. The quantitative estimate of drug-likeness (QED) is 0.394. The van der Waals surface area contributed by atoms with E-state index in [0.29, 0.717) is 6.54 Å². The standard InChI is InChI=1S/C24H26BrN3S/c25-21-13-9-12-20(16-21)23-18-29-24(26-17-19-10-5-4-6-11-19)28(23)27-22-14-7-2-1-3-8-15-22/h4-6,9-13,16,18H,1-3,7-8,14-15,17H2. The molecule has 0 unspecified atom stereocenters. The van der Waals surface area contributed by atoms with E-state index in [4.69, 9.17) is 10.1 Å². The van der Waals surface area contributed by atoms with Gasteiger partial charge in [0.05, 0.1) is 12.2 Å². The van der Waals surface area contributed by atoms with Crippen LogP contribution in [0.2, 0.25) is 0 Å². The lowest BCUT2D eigenvalue weighted by molar-refractivity contribution is 0.602. The summed E-state index contributed by atoms with van der Waals surface area (Å²) in [6, 6.07) is 18.8. The number of benzene rings is 2. The molecule has 5 heteroatoms. The molecule has 0 saturated heterocycles. The van der Waals surface area contributed by atoms with Crippen molar-refractivity contribution in [3.05, 3.63) is 74.8 Å². The number of hydrogen-bond donors (Lipinski definition) is 0. The van der Waals surface area contributed by atoms with E-state index in [1.165, 1.54) is 43.4 Å². The first-order valence-corrected chi connectivity index (χ1v) is 12.0. The van der Waals surface area contributed by atoms with Crippen molar-refractivity contribution >= 4 is 33.0 Å². The van der Waals surface area contributed by atoms with Gasteiger partial charge in [0, 0.05) is 21.1 Å². The zero-order chi connectivity index (χ0) is 19.9. The Bertz CT molecular complexity index is 1020. The average Bonchev–Trinajstić information content (AvgIpc) is 3.11. The van der Waals surface area contributed by atoms with Gasteiger partial charge in [0.1, 0.15) is 0 Å². The van der Waals surface area contributed by atoms with Crippen molar-refractivity contribution in [1.82, 2.24) is 4.68 Å². The molecule has 2 aromatic carbocycles. The second-order valence-corrected chi connectivity index (χ2v) is 9.21. The van der Waals surface area contributed by atoms with E-state index in [0.717, 1.165) is 33.4 Å². The fraction of sp³-hybridized carbons (Fsp3) is 0.333. The lowest BCUT2D eigenvalue weighted by Gasteiger charge is -2.12. The molecule has 1 saturated carbocycles. The van der Waals surface area contributed by atoms with Crippen molar-refractivity contribution in [2.24, 2.45) is 10.1 Å². The van der Waals surface area contributed by atoms with E-state index in [9.17, 15) is 0 Å². The molecule has 150 valence electrons. The third-order valence-electron chi connectivity index (χ3n) is 5.22. The van der Waals surface area contributed by atoms with Gasteiger partial charge in [-0.25, -0.2) is 4.68 Å². The number of rotatable bonds is 4. The van der Waals surface area contributed by atoms with Crippen molar-refractivity contribution in [2.45, 2.75) is 51.5 Å². The molecule has 0 aliphatic heterocycles. The molecule has 1 aromatic heterocycles. The van der Waals surface area contributed by atoms with Crippen molar-refractivity contribution < 1.29 is 0 Å². The van der Waals surface area contributed by atoms with Crippen LogP contribution in [0.3, 0.4) is 0 Å². The smallest absolute Gasteiger partial charge is 0.206 e. The highest BCUT2D eigenvalue weighted by molar-refractivity contribution is 9.10. The van der Waals surface area contributed by atoms with Crippen LogP contribution in [0.25, 0.3) is 11.3 Å². The molecule has 0 spiro atoms. The van der Waals surface area contributed by atoms with Crippen molar-refractivity contribution in [3.8, 4) is 11.3 Å². The number of hydrogen-bond acceptors (Lipinski definition) is 3. The van der Waals surface area contributed by atoms with Crippen molar-refractivity contribution in [1.29, 1.82) is 0 Å². The third kappa shape index (κ3) is 5.55. The first-order valence-electron chi connectivity index (χ1n) is 10.4. The lowest BCUT2D eigenvalue weighted by atomic mass is 9.99. The van der Waals surface area contributed by atoms with E-state index in [1.54, 1.807) is 11.3 Å². The molecule has 0 atom stereocenters. The molecule has 29 heavy (non-hydrogen) atoms. The Labute approximate surface area is 185 Å². The molecule has 0 bridgehead atoms. The monoisotopic (exact) mass is 467 g/mol. The van der Waals surface area contributed by atoms with Gasteiger partial charge in [0.2, 0.25) is 4.80 Å². The largest absolute Gasteiger partial charge is 0.253 e. The van der Waals surface area contributed by atoms with Gasteiger partial charge < -0.3 is 0 Å². The summed E-state index contributed by atoms with van der Waals surface area (Å²) < 4.78 is 3.15. The second kappa shape index (κ2) is 10.2. The van der Waals surface area contributed by atoms with Crippen LogP contribution in [-0.2, 0) is 6.54 Å². The summed E-state index contributed by atoms with van der Waals surface area (Å²) >= 11 is 5.27. The number of halogens is 1. The molecule has 1 aliphatic rings. The second-order valence-electron chi connectivity index (χ2n) is 7.46. The predicted molar refractivity (Wildman–Crippen MR) is 126 cm³/mol. The molecule has 1 aliphatic carbocycles. The van der Waals surface area contributed by atoms with Gasteiger partial charge in [-0.05, 0) is 43.4 Å². The number of thiazole rings is 1. The Morgan fingerprint density at radius 2 is 1.66 bits per heavy atom. The molecule has 0 N–H and O–H groups in total. The van der Waals surface area contributed by atoms with Gasteiger partial charge in [0.25, 0.3) is 0 Å². The van der Waals surface area contributed by atoms with Gasteiger partial charge >= 0.3 is 0 Å². The van der Waals surface area contributed by atoms with E-state index in [2.05, 4.69) is 74.5 Å². The number of nitrogens with zero attached hydrogens (tertiary/aromatic N) is 3. The molecule has 4 rings (SSSR count). The predicted octanol–water partition coefficient (Wildman–Crippen LogP) is 7.03. The SMILES string of the molecule is Brc1cccc(-c2csc(=NCc3ccccc3)n2N=C2CCCCCCC2)c1. The summed E-state index contributed by atoms with van der Waals surface area (Å²) in [5, 5.41) is 7.31. The molecule has 1 heterocycles. The third-order valence-corrected chi connectivity index (χ3v) is 6.56. The molecular formula is C24H26BrN3S. The fourth-order valence-electron chi connectivity index (χ4n) is 3.65. The topological polar surface area (TPSA) is 29.6 Å². The van der Waals surface area contributed by atoms with Crippen LogP contribution in [0.1, 0.15) is 50.5 Å². The van der Waals surface area contributed by atoms with Crippen LogP contribution in [0.5, 0.6) is 0 Å². The molecule has 0 radical (unpaired) electrons. The van der Waals surface area contributed by atoms with E-state index < -0.39 is 0 Å². The maximum atomic E-state index is 5.13. The van der Waals surface area contributed by atoms with Crippen LogP contribution in [-0.4, -0.2) is 10.4 Å². The van der Waals surface area contributed by atoms with Crippen LogP contribution >= 0.6 is 27.3 Å². The van der Waals surface area contributed by atoms with Crippen LogP contribution < -0.4 is 4.80 Å². The highest BCUT2D eigenvalue weighted by Crippen LogP contribution is 2.24. The maximum absolute atomic E-state index is 5.13. The van der Waals surface area contributed by atoms with Gasteiger partial charge in [-0.15, -0.1) is 11.3 Å². The zero-order valence-corrected chi connectivity index (χ0v) is 19.0. The summed E-state index contributed by atoms with van der Waals surface area (Å²) in [5.41, 5.74) is 4.79. The van der Waals surface area contributed by atoms with E-state index >= 15 is 0 Å². The molecule has 3 aromatic rings. The normalized spacial score (nSPS) is 15.8. The van der Waals surface area contributed by atoms with Gasteiger partial charge in [-0.1, -0.05) is 77.7 Å². The fourth-order valence-corrected chi connectivity index (χ4v) is 4.88. The summed E-state index contributed by atoms with van der Waals surface area (Å²) in [6.07, 6.45) is 8.67. The van der Waals surface area contributed by atoms with Crippen LogP contribution in [0.4, 0.5) is 0 Å². The van der Waals surface area contributed by atoms with Crippen LogP contribution in [0.15, 0.2) is 74.5 Å². The molecule has 0 amide bonds. The Morgan fingerprint density at radius 1 is 0.897 bits per heavy atom. The summed E-state index contributed by atoms with van der Waals surface area (Å²) in [4.78, 5) is 5.87. The summed E-state index contributed by atoms with van der Waals surface area (Å²) in [7, 11) is 0. The average molecular weight is 468 g/mol. The van der Waals surface area contributed by atoms with Crippen molar-refractivity contribution in [3.63, 3.8) is 0 Å². The first kappa shape index (κ1) is 20.3. The maximum Gasteiger partial charge on any atom is 0.206 e. The van der Waals surface area contributed by atoms with E-state index in [1.807, 2.05) is 6.07 Å². The minimum Gasteiger partial charge on any atom is -0.253 e. The molecular weight excluding hydrogens is 442 g/mol. The highest BCUT2D eigenvalue weighted by Gasteiger charge is 2.11. The van der Waals surface area contributed by atoms with Crippen LogP contribution in [0, 0.1) is 0 Å². The Morgan fingerprint density at radius 3 is 2.41 bits per heavy atom. The molecule has 3 nitrogen and oxygen atoms in total. The summed E-state index contributed by atoms with van der Waals surface area (Å²) in [6.45, 7) is 0.671. The number of aromatic nitrogens is 1. The van der Waals surface area contributed by atoms with Gasteiger partial charge in [-0.2, -0.15) is 5.10 Å². The zero-order valence-electron chi connectivity index (χ0n) is 16.6. The first-order chi connectivity index (χ1) is 14.3. The highest BCUT2D eigenvalue weighted by atomic mass is 79.9. The minimum absolute atomic E-state index is 0.671. The van der Waals surface area contributed by atoms with E-state index in [-0.39, 0.29) is 0 Å². The van der Waals surface area contributed by atoms with Gasteiger partial charge in [0.15, 0.2) is 0 Å². The van der Waals surface area contributed by atoms with Crippen molar-refractivity contribution in [2.75, 3.05) is 0 Å². The minimum atomic E-state index is 0.671. The Kier molecular flexibility index (Phi) is 7.12.